The summed E-state index contributed by atoms with van der Waals surface area (Å²) in [6.07, 6.45) is 4.80. The number of halogens is 2. The Bertz CT molecular complexity index is 1130. The summed E-state index contributed by atoms with van der Waals surface area (Å²) in [5.74, 6) is 1.65. The van der Waals surface area contributed by atoms with E-state index in [0.29, 0.717) is 16.5 Å². The highest BCUT2D eigenvalue weighted by Gasteiger charge is 2.31. The molecular formula is C25H22Cl2N2O2. The van der Waals surface area contributed by atoms with Crippen LogP contribution in [0.5, 0.6) is 11.5 Å². The molecule has 3 aromatic carbocycles. The van der Waals surface area contributed by atoms with Crippen molar-refractivity contribution in [2.75, 3.05) is 19.2 Å². The molecule has 158 valence electrons. The predicted molar refractivity (Wildman–Crippen MR) is 129 cm³/mol. The molecule has 0 fully saturated rings. The van der Waals surface area contributed by atoms with Crippen LogP contribution in [0.15, 0.2) is 77.9 Å². The molecule has 0 unspecified atom stereocenters. The standard InChI is InChI=1S/C25H22Cl2N2O2/c1-30-20-12-8-17(9-13-20)7-11-19-16-24(21-5-3-4-6-25(21)31-2)29(28-19)23-14-10-18(26)15-22(23)27/h3-15,24H,16H2,1-2H3/b11-7-/t24-/m1/s1. The van der Waals surface area contributed by atoms with Gasteiger partial charge in [-0.3, -0.25) is 5.01 Å². The molecule has 1 atom stereocenters. The van der Waals surface area contributed by atoms with Gasteiger partial charge in [-0.2, -0.15) is 5.10 Å². The molecule has 0 aliphatic carbocycles. The number of allylic oxidation sites excluding steroid dienone is 1. The van der Waals surface area contributed by atoms with Gasteiger partial charge in [-0.15, -0.1) is 0 Å². The molecule has 4 rings (SSSR count). The van der Waals surface area contributed by atoms with Crippen molar-refractivity contribution in [3.63, 3.8) is 0 Å². The van der Waals surface area contributed by atoms with E-state index >= 15 is 0 Å². The summed E-state index contributed by atoms with van der Waals surface area (Å²) >= 11 is 12.6. The van der Waals surface area contributed by atoms with Gasteiger partial charge in [-0.25, -0.2) is 0 Å². The van der Waals surface area contributed by atoms with Crippen molar-refractivity contribution in [1.82, 2.24) is 0 Å². The van der Waals surface area contributed by atoms with Crippen LogP contribution >= 0.6 is 23.2 Å². The van der Waals surface area contributed by atoms with Crippen LogP contribution in [0.4, 0.5) is 5.69 Å². The van der Waals surface area contributed by atoms with Gasteiger partial charge in [0.2, 0.25) is 0 Å². The maximum absolute atomic E-state index is 6.53. The summed E-state index contributed by atoms with van der Waals surface area (Å²) in [6.45, 7) is 0. The fourth-order valence-corrected chi connectivity index (χ4v) is 4.11. The average Bonchev–Trinajstić information content (AvgIpc) is 3.21. The Morgan fingerprint density at radius 1 is 0.935 bits per heavy atom. The number of para-hydroxylation sites is 1. The minimum absolute atomic E-state index is 0.0506. The number of methoxy groups -OCH3 is 2. The zero-order valence-corrected chi connectivity index (χ0v) is 18.8. The Morgan fingerprint density at radius 2 is 1.71 bits per heavy atom. The lowest BCUT2D eigenvalue weighted by Crippen LogP contribution is -2.19. The van der Waals surface area contributed by atoms with Gasteiger partial charge in [0, 0.05) is 17.0 Å². The number of ether oxygens (including phenoxy) is 2. The molecule has 1 aliphatic heterocycles. The quantitative estimate of drug-likeness (QED) is 0.402. The van der Waals surface area contributed by atoms with Crippen molar-refractivity contribution in [2.24, 2.45) is 5.10 Å². The molecule has 0 spiro atoms. The minimum atomic E-state index is -0.0506. The van der Waals surface area contributed by atoms with Gasteiger partial charge in [0.25, 0.3) is 0 Å². The van der Waals surface area contributed by atoms with Crippen molar-refractivity contribution in [1.29, 1.82) is 0 Å². The normalized spacial score (nSPS) is 15.9. The summed E-state index contributed by atoms with van der Waals surface area (Å²) < 4.78 is 10.8. The maximum atomic E-state index is 6.53. The second-order valence-corrected chi connectivity index (χ2v) is 7.94. The van der Waals surface area contributed by atoms with Gasteiger partial charge in [0.15, 0.2) is 0 Å². The van der Waals surface area contributed by atoms with E-state index in [0.717, 1.165) is 34.0 Å². The smallest absolute Gasteiger partial charge is 0.124 e. The molecule has 31 heavy (non-hydrogen) atoms. The van der Waals surface area contributed by atoms with Crippen molar-refractivity contribution in [3.05, 3.63) is 94.0 Å². The van der Waals surface area contributed by atoms with Crippen LogP contribution in [0.3, 0.4) is 0 Å². The second kappa shape index (κ2) is 9.46. The van der Waals surface area contributed by atoms with E-state index in [2.05, 4.69) is 6.07 Å². The van der Waals surface area contributed by atoms with Gasteiger partial charge in [-0.05, 0) is 48.0 Å². The van der Waals surface area contributed by atoms with Gasteiger partial charge in [-0.1, -0.05) is 59.6 Å². The summed E-state index contributed by atoms with van der Waals surface area (Å²) in [6, 6.07) is 21.3. The monoisotopic (exact) mass is 452 g/mol. The van der Waals surface area contributed by atoms with E-state index < -0.39 is 0 Å². The van der Waals surface area contributed by atoms with Crippen LogP contribution < -0.4 is 14.5 Å². The first-order valence-electron chi connectivity index (χ1n) is 9.86. The van der Waals surface area contributed by atoms with Gasteiger partial charge >= 0.3 is 0 Å². The van der Waals surface area contributed by atoms with Crippen LogP contribution in [-0.4, -0.2) is 19.9 Å². The van der Waals surface area contributed by atoms with E-state index in [4.69, 9.17) is 37.8 Å². The van der Waals surface area contributed by atoms with E-state index in [9.17, 15) is 0 Å². The Labute approximate surface area is 192 Å². The van der Waals surface area contributed by atoms with Crippen LogP contribution in [0.1, 0.15) is 23.6 Å². The first-order chi connectivity index (χ1) is 15.1. The van der Waals surface area contributed by atoms with Crippen molar-refractivity contribution in [3.8, 4) is 11.5 Å². The SMILES string of the molecule is COc1ccc(/C=C\C2=NN(c3ccc(Cl)cc3Cl)[C@@H](c3ccccc3OC)C2)cc1. The molecule has 0 radical (unpaired) electrons. The topological polar surface area (TPSA) is 34.1 Å². The number of nitrogens with zero attached hydrogens (tertiary/aromatic N) is 2. The number of hydrazone groups is 1. The van der Waals surface area contributed by atoms with E-state index in [1.165, 1.54) is 0 Å². The summed E-state index contributed by atoms with van der Waals surface area (Å²) in [5.41, 5.74) is 3.86. The van der Waals surface area contributed by atoms with Gasteiger partial charge in [0.1, 0.15) is 11.5 Å². The zero-order valence-electron chi connectivity index (χ0n) is 17.3. The van der Waals surface area contributed by atoms with Crippen LogP contribution in [0.25, 0.3) is 6.08 Å². The molecule has 0 saturated heterocycles. The Balaban J connectivity index is 1.69. The average molecular weight is 453 g/mol. The molecule has 0 bridgehead atoms. The van der Waals surface area contributed by atoms with Crippen molar-refractivity contribution >= 4 is 40.7 Å². The molecule has 3 aromatic rings. The van der Waals surface area contributed by atoms with Crippen LogP contribution in [0, 0.1) is 0 Å². The third kappa shape index (κ3) is 4.71. The van der Waals surface area contributed by atoms with Gasteiger partial charge < -0.3 is 9.47 Å². The molecule has 0 aromatic heterocycles. The third-order valence-electron chi connectivity index (χ3n) is 5.17. The number of anilines is 1. The fraction of sp³-hybridized carbons (Fsp3) is 0.160. The highest BCUT2D eigenvalue weighted by atomic mass is 35.5. The first-order valence-corrected chi connectivity index (χ1v) is 10.6. The van der Waals surface area contributed by atoms with Crippen LogP contribution in [0.2, 0.25) is 10.0 Å². The molecule has 0 saturated carbocycles. The molecule has 0 N–H and O–H groups in total. The largest absolute Gasteiger partial charge is 0.497 e. The zero-order chi connectivity index (χ0) is 21.8. The summed E-state index contributed by atoms with van der Waals surface area (Å²) in [5, 5.41) is 7.98. The minimum Gasteiger partial charge on any atom is -0.497 e. The lowest BCUT2D eigenvalue weighted by molar-refractivity contribution is 0.405. The predicted octanol–water partition coefficient (Wildman–Crippen LogP) is 7.03. The molecule has 1 aliphatic rings. The van der Waals surface area contributed by atoms with Crippen LogP contribution in [-0.2, 0) is 0 Å². The number of benzene rings is 3. The molecule has 6 heteroatoms. The van der Waals surface area contributed by atoms with Gasteiger partial charge in [0.05, 0.1) is 36.7 Å². The maximum Gasteiger partial charge on any atom is 0.124 e. The molecule has 1 heterocycles. The van der Waals surface area contributed by atoms with E-state index in [1.807, 2.05) is 71.8 Å². The number of rotatable bonds is 6. The number of hydrogen-bond donors (Lipinski definition) is 0. The lowest BCUT2D eigenvalue weighted by atomic mass is 10.00. The first kappa shape index (κ1) is 21.3. The fourth-order valence-electron chi connectivity index (χ4n) is 3.61. The highest BCUT2D eigenvalue weighted by Crippen LogP contribution is 2.42. The Kier molecular flexibility index (Phi) is 6.50. The second-order valence-electron chi connectivity index (χ2n) is 7.10. The lowest BCUT2D eigenvalue weighted by Gasteiger charge is -2.26. The Morgan fingerprint density at radius 3 is 2.42 bits per heavy atom. The highest BCUT2D eigenvalue weighted by molar-refractivity contribution is 6.36. The summed E-state index contributed by atoms with van der Waals surface area (Å²) in [7, 11) is 3.34. The van der Waals surface area contributed by atoms with Crippen molar-refractivity contribution in [2.45, 2.75) is 12.5 Å². The third-order valence-corrected chi connectivity index (χ3v) is 5.71. The Hall–Kier alpha value is -2.95. The number of hydrogen-bond acceptors (Lipinski definition) is 4. The molecular weight excluding hydrogens is 431 g/mol. The molecule has 0 amide bonds. The van der Waals surface area contributed by atoms with E-state index in [-0.39, 0.29) is 6.04 Å². The van der Waals surface area contributed by atoms with Crippen molar-refractivity contribution < 1.29 is 9.47 Å². The molecule has 4 nitrogen and oxygen atoms in total. The van der Waals surface area contributed by atoms with E-state index in [1.54, 1.807) is 20.3 Å². The summed E-state index contributed by atoms with van der Waals surface area (Å²) in [4.78, 5) is 0.